The summed E-state index contributed by atoms with van der Waals surface area (Å²) in [5, 5.41) is 21.3. The predicted octanol–water partition coefficient (Wildman–Crippen LogP) is 1.64. The molecular weight excluding hydrogens is 230 g/mol. The van der Waals surface area contributed by atoms with Gasteiger partial charge in [-0.15, -0.1) is 0 Å². The van der Waals surface area contributed by atoms with Crippen LogP contribution in [0.4, 0.5) is 5.69 Å². The molecule has 0 aliphatic rings. The zero-order chi connectivity index (χ0) is 13.0. The Morgan fingerprint density at radius 1 is 1.47 bits per heavy atom. The molecule has 17 heavy (non-hydrogen) atoms. The molecule has 0 aromatic carbocycles. The highest BCUT2D eigenvalue weighted by Crippen LogP contribution is 2.29. The van der Waals surface area contributed by atoms with E-state index in [9.17, 15) is 20.2 Å². The van der Waals surface area contributed by atoms with Crippen LogP contribution >= 0.6 is 0 Å². The molecule has 0 amide bonds. The lowest BCUT2D eigenvalue weighted by molar-refractivity contribution is -0.422. The molecule has 90 valence electrons. The van der Waals surface area contributed by atoms with Crippen molar-refractivity contribution in [2.75, 3.05) is 7.11 Å². The average Bonchev–Trinajstić information content (AvgIpc) is 2.27. The van der Waals surface area contributed by atoms with Gasteiger partial charge in [0.1, 0.15) is 0 Å². The Morgan fingerprint density at radius 3 is 2.59 bits per heavy atom. The normalized spacial score (nSPS) is 11.1. The molecule has 0 aliphatic heterocycles. The molecule has 0 saturated carbocycles. The zero-order valence-corrected chi connectivity index (χ0v) is 9.11. The molecule has 1 aromatic rings. The number of hydrogen-bond donors (Lipinski definition) is 0. The van der Waals surface area contributed by atoms with Crippen LogP contribution in [0.15, 0.2) is 18.0 Å². The number of aromatic nitrogens is 1. The third-order valence-corrected chi connectivity index (χ3v) is 1.95. The number of nitrogens with zero attached hydrogens (tertiary/aromatic N) is 3. The minimum atomic E-state index is -0.690. The van der Waals surface area contributed by atoms with Gasteiger partial charge in [0.15, 0.2) is 0 Å². The minimum absolute atomic E-state index is 0.0797. The first kappa shape index (κ1) is 12.6. The summed E-state index contributed by atoms with van der Waals surface area (Å²) < 4.78 is 4.74. The van der Waals surface area contributed by atoms with Crippen molar-refractivity contribution >= 4 is 11.8 Å². The minimum Gasteiger partial charge on any atom is -0.476 e. The van der Waals surface area contributed by atoms with Crippen LogP contribution in [0.3, 0.4) is 0 Å². The van der Waals surface area contributed by atoms with E-state index in [4.69, 9.17) is 4.74 Å². The number of allylic oxidation sites excluding steroid dienone is 1. The summed E-state index contributed by atoms with van der Waals surface area (Å²) in [7, 11) is 1.24. The first-order valence-electron chi connectivity index (χ1n) is 4.47. The maximum atomic E-state index is 10.8. The Balaban J connectivity index is 3.38. The second kappa shape index (κ2) is 5.01. The van der Waals surface area contributed by atoms with Crippen molar-refractivity contribution in [1.82, 2.24) is 4.98 Å². The van der Waals surface area contributed by atoms with Crippen LogP contribution in [-0.4, -0.2) is 21.9 Å². The Labute approximate surface area is 95.8 Å². The topological polar surface area (TPSA) is 108 Å². The molecule has 0 spiro atoms. The number of methoxy groups -OCH3 is 1. The van der Waals surface area contributed by atoms with Gasteiger partial charge in [-0.1, -0.05) is 0 Å². The van der Waals surface area contributed by atoms with Gasteiger partial charge in [-0.25, -0.2) is 4.98 Å². The first-order chi connectivity index (χ1) is 7.97. The van der Waals surface area contributed by atoms with E-state index in [0.29, 0.717) is 0 Å². The van der Waals surface area contributed by atoms with Gasteiger partial charge in [-0.05, 0) is 6.07 Å². The summed E-state index contributed by atoms with van der Waals surface area (Å²) in [5.74, 6) is -0.181. The Hall–Kier alpha value is -2.51. The molecule has 8 nitrogen and oxygen atoms in total. The SMILES string of the molecule is COc1nccc(/C=C(/C)[N+](=O)[O-])c1[N+](=O)[O-]. The van der Waals surface area contributed by atoms with Crippen molar-refractivity contribution in [2.24, 2.45) is 0 Å². The number of hydrogen-bond acceptors (Lipinski definition) is 6. The number of nitro groups is 2. The van der Waals surface area contributed by atoms with Crippen molar-refractivity contribution in [3.63, 3.8) is 0 Å². The van der Waals surface area contributed by atoms with Gasteiger partial charge in [0.25, 0.3) is 5.88 Å². The molecule has 0 N–H and O–H groups in total. The lowest BCUT2D eigenvalue weighted by atomic mass is 10.2. The highest BCUT2D eigenvalue weighted by molar-refractivity contribution is 5.65. The Kier molecular flexibility index (Phi) is 3.70. The Bertz CT molecular complexity index is 497. The summed E-state index contributed by atoms with van der Waals surface area (Å²) in [6.45, 7) is 1.25. The predicted molar refractivity (Wildman–Crippen MR) is 58.1 cm³/mol. The Morgan fingerprint density at radius 2 is 2.12 bits per heavy atom. The summed E-state index contributed by atoms with van der Waals surface area (Å²) in [6, 6.07) is 1.31. The quantitative estimate of drug-likeness (QED) is 0.583. The van der Waals surface area contributed by atoms with Gasteiger partial charge in [0.05, 0.1) is 22.5 Å². The molecule has 1 heterocycles. The third kappa shape index (κ3) is 2.74. The van der Waals surface area contributed by atoms with E-state index in [-0.39, 0.29) is 17.1 Å². The monoisotopic (exact) mass is 239 g/mol. The molecule has 0 aliphatic carbocycles. The number of pyridine rings is 1. The van der Waals surface area contributed by atoms with Crippen LogP contribution in [0, 0.1) is 20.2 Å². The molecule has 0 bridgehead atoms. The summed E-state index contributed by atoms with van der Waals surface area (Å²) in [4.78, 5) is 23.6. The maximum absolute atomic E-state index is 10.8. The molecule has 1 aromatic heterocycles. The lowest BCUT2D eigenvalue weighted by Crippen LogP contribution is -2.00. The van der Waals surface area contributed by atoms with E-state index >= 15 is 0 Å². The van der Waals surface area contributed by atoms with Crippen molar-refractivity contribution in [1.29, 1.82) is 0 Å². The average molecular weight is 239 g/mol. The largest absolute Gasteiger partial charge is 0.476 e. The van der Waals surface area contributed by atoms with Crippen molar-refractivity contribution in [3.8, 4) is 5.88 Å². The van der Waals surface area contributed by atoms with Gasteiger partial charge in [0.2, 0.25) is 5.70 Å². The molecule has 0 unspecified atom stereocenters. The van der Waals surface area contributed by atoms with Gasteiger partial charge in [-0.2, -0.15) is 0 Å². The van der Waals surface area contributed by atoms with Crippen LogP contribution in [0.5, 0.6) is 5.88 Å². The molecule has 0 saturated heterocycles. The van der Waals surface area contributed by atoms with Crippen LogP contribution < -0.4 is 4.74 Å². The van der Waals surface area contributed by atoms with Crippen LogP contribution in [0.2, 0.25) is 0 Å². The summed E-state index contributed by atoms with van der Waals surface area (Å²) in [5.41, 5.74) is -0.520. The number of ether oxygens (including phenoxy) is 1. The van der Waals surface area contributed by atoms with Crippen molar-refractivity contribution < 1.29 is 14.6 Å². The molecule has 0 atom stereocenters. The standard InChI is InChI=1S/C9H9N3O5/c1-6(11(13)14)5-7-3-4-10-9(17-2)8(7)12(15)16/h3-5H,1-2H3/b6-5-. The second-order valence-corrected chi connectivity index (χ2v) is 3.06. The molecule has 0 radical (unpaired) electrons. The van der Waals surface area contributed by atoms with E-state index in [1.807, 2.05) is 0 Å². The van der Waals surface area contributed by atoms with Crippen LogP contribution in [0.1, 0.15) is 12.5 Å². The fourth-order valence-corrected chi connectivity index (χ4v) is 1.18. The van der Waals surface area contributed by atoms with Crippen LogP contribution in [0.25, 0.3) is 6.08 Å². The van der Waals surface area contributed by atoms with Gasteiger partial charge < -0.3 is 4.74 Å². The van der Waals surface area contributed by atoms with E-state index in [1.165, 1.54) is 26.3 Å². The first-order valence-corrected chi connectivity index (χ1v) is 4.47. The maximum Gasteiger partial charge on any atom is 0.338 e. The molecular formula is C9H9N3O5. The third-order valence-electron chi connectivity index (χ3n) is 1.95. The van der Waals surface area contributed by atoms with E-state index < -0.39 is 15.5 Å². The molecule has 8 heteroatoms. The molecule has 0 fully saturated rings. The van der Waals surface area contributed by atoms with E-state index in [1.54, 1.807) is 0 Å². The van der Waals surface area contributed by atoms with Gasteiger partial charge in [-0.3, -0.25) is 20.2 Å². The second-order valence-electron chi connectivity index (χ2n) is 3.06. The number of rotatable bonds is 4. The van der Waals surface area contributed by atoms with Gasteiger partial charge in [0, 0.05) is 19.2 Å². The van der Waals surface area contributed by atoms with Gasteiger partial charge >= 0.3 is 5.69 Å². The van der Waals surface area contributed by atoms with Crippen LogP contribution in [-0.2, 0) is 0 Å². The summed E-state index contributed by atoms with van der Waals surface area (Å²) >= 11 is 0. The highest BCUT2D eigenvalue weighted by Gasteiger charge is 2.22. The molecule has 1 rings (SSSR count). The van der Waals surface area contributed by atoms with E-state index in [2.05, 4.69) is 4.98 Å². The van der Waals surface area contributed by atoms with Crippen molar-refractivity contribution in [3.05, 3.63) is 43.8 Å². The summed E-state index contributed by atoms with van der Waals surface area (Å²) in [6.07, 6.45) is 2.38. The fraction of sp³-hybridized carbons (Fsp3) is 0.222. The van der Waals surface area contributed by atoms with Crippen molar-refractivity contribution in [2.45, 2.75) is 6.92 Å². The zero-order valence-electron chi connectivity index (χ0n) is 9.11. The fourth-order valence-electron chi connectivity index (χ4n) is 1.18. The highest BCUT2D eigenvalue weighted by atomic mass is 16.6. The smallest absolute Gasteiger partial charge is 0.338 e. The van der Waals surface area contributed by atoms with E-state index in [0.717, 1.165) is 6.08 Å². The lowest BCUT2D eigenvalue weighted by Gasteiger charge is -2.02.